The predicted molar refractivity (Wildman–Crippen MR) is 91.3 cm³/mol. The van der Waals surface area contributed by atoms with Crippen LogP contribution in [0, 0.1) is 13.8 Å². The van der Waals surface area contributed by atoms with Crippen molar-refractivity contribution >= 4 is 17.7 Å². The zero-order valence-corrected chi connectivity index (χ0v) is 14.7. The van der Waals surface area contributed by atoms with Crippen LogP contribution < -0.4 is 5.32 Å². The highest BCUT2D eigenvalue weighted by atomic mass is 32.2. The Balaban J connectivity index is 1.58. The molecule has 1 atom stereocenters. The molecule has 0 bridgehead atoms. The van der Waals surface area contributed by atoms with Gasteiger partial charge in [0.25, 0.3) is 0 Å². The third-order valence-electron chi connectivity index (χ3n) is 3.90. The van der Waals surface area contributed by atoms with Crippen molar-refractivity contribution in [3.05, 3.63) is 29.3 Å². The first-order valence-corrected chi connectivity index (χ1v) is 8.99. The van der Waals surface area contributed by atoms with Gasteiger partial charge in [-0.1, -0.05) is 29.5 Å². The number of tetrazole rings is 1. The number of rotatable bonds is 6. The van der Waals surface area contributed by atoms with Crippen LogP contribution in [0.15, 0.2) is 23.4 Å². The smallest absolute Gasteiger partial charge is 0.230 e. The Morgan fingerprint density at radius 3 is 3.08 bits per heavy atom. The molecule has 0 saturated carbocycles. The van der Waals surface area contributed by atoms with Crippen molar-refractivity contribution in [2.45, 2.75) is 37.9 Å². The minimum absolute atomic E-state index is 0.0364. The molecule has 0 spiro atoms. The summed E-state index contributed by atoms with van der Waals surface area (Å²) < 4.78 is 7.17. The summed E-state index contributed by atoms with van der Waals surface area (Å²) in [6.45, 7) is 5.43. The number of carbonyl (C=O) groups is 1. The first-order valence-electron chi connectivity index (χ1n) is 8.00. The van der Waals surface area contributed by atoms with Gasteiger partial charge in [-0.3, -0.25) is 4.79 Å². The third-order valence-corrected chi connectivity index (χ3v) is 4.82. The summed E-state index contributed by atoms with van der Waals surface area (Å²) >= 11 is 1.33. The zero-order chi connectivity index (χ0) is 16.9. The van der Waals surface area contributed by atoms with Gasteiger partial charge in [-0.05, 0) is 48.7 Å². The maximum absolute atomic E-state index is 12.0. The fourth-order valence-corrected chi connectivity index (χ4v) is 3.39. The second-order valence-electron chi connectivity index (χ2n) is 5.89. The van der Waals surface area contributed by atoms with Crippen LogP contribution in [0.25, 0.3) is 5.69 Å². The fourth-order valence-electron chi connectivity index (χ4n) is 2.68. The maximum atomic E-state index is 12.0. The number of carbonyl (C=O) groups excluding carboxylic acids is 1. The zero-order valence-electron chi connectivity index (χ0n) is 13.9. The summed E-state index contributed by atoms with van der Waals surface area (Å²) in [5, 5.41) is 15.3. The van der Waals surface area contributed by atoms with E-state index in [2.05, 4.69) is 26.9 Å². The van der Waals surface area contributed by atoms with Crippen molar-refractivity contribution in [3.63, 3.8) is 0 Å². The Kier molecular flexibility index (Phi) is 5.47. The minimum Gasteiger partial charge on any atom is -0.376 e. The second-order valence-corrected chi connectivity index (χ2v) is 6.83. The van der Waals surface area contributed by atoms with Crippen LogP contribution in [-0.2, 0) is 9.53 Å². The number of aromatic nitrogens is 4. The van der Waals surface area contributed by atoms with E-state index in [0.717, 1.165) is 30.7 Å². The van der Waals surface area contributed by atoms with Gasteiger partial charge < -0.3 is 10.1 Å². The van der Waals surface area contributed by atoms with Crippen LogP contribution in [-0.4, -0.2) is 51.1 Å². The molecule has 2 aromatic rings. The van der Waals surface area contributed by atoms with E-state index in [1.807, 2.05) is 26.0 Å². The molecule has 128 valence electrons. The van der Waals surface area contributed by atoms with Crippen molar-refractivity contribution in [3.8, 4) is 5.69 Å². The molecule has 1 aromatic carbocycles. The van der Waals surface area contributed by atoms with Crippen molar-refractivity contribution in [2.24, 2.45) is 0 Å². The van der Waals surface area contributed by atoms with E-state index in [-0.39, 0.29) is 17.8 Å². The summed E-state index contributed by atoms with van der Waals surface area (Å²) in [5.41, 5.74) is 3.20. The van der Waals surface area contributed by atoms with Gasteiger partial charge in [-0.25, -0.2) is 0 Å². The number of amides is 1. The van der Waals surface area contributed by atoms with Crippen LogP contribution >= 0.6 is 11.8 Å². The van der Waals surface area contributed by atoms with E-state index in [0.29, 0.717) is 11.7 Å². The Labute approximate surface area is 145 Å². The monoisotopic (exact) mass is 347 g/mol. The van der Waals surface area contributed by atoms with Gasteiger partial charge in [0.05, 0.1) is 17.5 Å². The van der Waals surface area contributed by atoms with Gasteiger partial charge in [0, 0.05) is 13.2 Å². The number of hydrogen-bond acceptors (Lipinski definition) is 6. The topological polar surface area (TPSA) is 81.9 Å². The average molecular weight is 347 g/mol. The first kappa shape index (κ1) is 16.9. The Bertz CT molecular complexity index is 712. The van der Waals surface area contributed by atoms with E-state index in [9.17, 15) is 4.79 Å². The van der Waals surface area contributed by atoms with Crippen molar-refractivity contribution in [1.82, 2.24) is 25.5 Å². The molecular formula is C16H21N5O2S. The largest absolute Gasteiger partial charge is 0.376 e. The SMILES string of the molecule is Cc1ccc(-n2nnnc2SCC(=O)NC[C@H]2CCCO2)c(C)c1. The molecule has 1 aromatic heterocycles. The highest BCUT2D eigenvalue weighted by Gasteiger charge is 2.17. The number of nitrogens with one attached hydrogen (secondary N) is 1. The molecular weight excluding hydrogens is 326 g/mol. The highest BCUT2D eigenvalue weighted by molar-refractivity contribution is 7.99. The van der Waals surface area contributed by atoms with Gasteiger partial charge >= 0.3 is 0 Å². The molecule has 1 aliphatic rings. The number of benzene rings is 1. The summed E-state index contributed by atoms with van der Waals surface area (Å²) in [5.74, 6) is 0.239. The molecule has 1 fully saturated rings. The molecule has 24 heavy (non-hydrogen) atoms. The number of thioether (sulfide) groups is 1. The number of hydrogen-bond donors (Lipinski definition) is 1. The minimum atomic E-state index is -0.0364. The van der Waals surface area contributed by atoms with Crippen LogP contribution in [0.3, 0.4) is 0 Å². The van der Waals surface area contributed by atoms with Gasteiger partial charge in [-0.15, -0.1) is 5.10 Å². The summed E-state index contributed by atoms with van der Waals surface area (Å²) in [7, 11) is 0. The van der Waals surface area contributed by atoms with E-state index in [1.54, 1.807) is 4.68 Å². The quantitative estimate of drug-likeness (QED) is 0.801. The van der Waals surface area contributed by atoms with Gasteiger partial charge in [0.2, 0.25) is 11.1 Å². The predicted octanol–water partition coefficient (Wildman–Crippen LogP) is 1.67. The highest BCUT2D eigenvalue weighted by Crippen LogP contribution is 2.21. The Morgan fingerprint density at radius 2 is 2.33 bits per heavy atom. The fraction of sp³-hybridized carbons (Fsp3) is 0.500. The second kappa shape index (κ2) is 7.76. The number of nitrogens with zero attached hydrogens (tertiary/aromatic N) is 4. The lowest BCUT2D eigenvalue weighted by atomic mass is 10.1. The van der Waals surface area contributed by atoms with E-state index in [4.69, 9.17) is 4.74 Å². The summed E-state index contributed by atoms with van der Waals surface area (Å²) in [6.07, 6.45) is 2.23. The van der Waals surface area contributed by atoms with Crippen LogP contribution in [0.4, 0.5) is 0 Å². The molecule has 0 aliphatic carbocycles. The molecule has 0 unspecified atom stereocenters. The first-order chi connectivity index (χ1) is 11.6. The van der Waals surface area contributed by atoms with Crippen molar-refractivity contribution in [1.29, 1.82) is 0 Å². The molecule has 0 radical (unpaired) electrons. The van der Waals surface area contributed by atoms with E-state index in [1.165, 1.54) is 17.3 Å². The molecule has 8 heteroatoms. The Morgan fingerprint density at radius 1 is 1.46 bits per heavy atom. The van der Waals surface area contributed by atoms with E-state index < -0.39 is 0 Å². The van der Waals surface area contributed by atoms with Crippen LogP contribution in [0.1, 0.15) is 24.0 Å². The Hall–Kier alpha value is -1.93. The van der Waals surface area contributed by atoms with Crippen molar-refractivity contribution < 1.29 is 9.53 Å². The molecule has 1 aliphatic heterocycles. The van der Waals surface area contributed by atoms with Gasteiger partial charge in [0.1, 0.15) is 0 Å². The van der Waals surface area contributed by atoms with Gasteiger partial charge in [0.15, 0.2) is 0 Å². The molecule has 1 amide bonds. The van der Waals surface area contributed by atoms with Crippen molar-refractivity contribution in [2.75, 3.05) is 18.9 Å². The van der Waals surface area contributed by atoms with Crippen LogP contribution in [0.2, 0.25) is 0 Å². The lowest BCUT2D eigenvalue weighted by Gasteiger charge is -2.11. The number of aryl methyl sites for hydroxylation is 2. The number of ether oxygens (including phenoxy) is 1. The third kappa shape index (κ3) is 4.12. The summed E-state index contributed by atoms with van der Waals surface area (Å²) in [4.78, 5) is 12.0. The normalized spacial score (nSPS) is 17.2. The standard InChI is InChI=1S/C16H21N5O2S/c1-11-5-6-14(12(2)8-11)21-16(18-19-20-21)24-10-15(22)17-9-13-4-3-7-23-13/h5-6,8,13H,3-4,7,9-10H2,1-2H3,(H,17,22)/t13-/m1/s1. The summed E-state index contributed by atoms with van der Waals surface area (Å²) in [6, 6.07) is 6.09. The lowest BCUT2D eigenvalue weighted by Crippen LogP contribution is -2.32. The van der Waals surface area contributed by atoms with Crippen LogP contribution in [0.5, 0.6) is 0 Å². The molecule has 1 N–H and O–H groups in total. The average Bonchev–Trinajstić information content (AvgIpc) is 3.22. The molecule has 1 saturated heterocycles. The maximum Gasteiger partial charge on any atom is 0.230 e. The van der Waals surface area contributed by atoms with Gasteiger partial charge in [-0.2, -0.15) is 4.68 Å². The molecule has 2 heterocycles. The molecule has 3 rings (SSSR count). The lowest BCUT2D eigenvalue weighted by molar-refractivity contribution is -0.119. The van der Waals surface area contributed by atoms with E-state index >= 15 is 0 Å². The molecule has 7 nitrogen and oxygen atoms in total.